The first-order valence-electron chi connectivity index (χ1n) is 10.1. The zero-order valence-electron chi connectivity index (χ0n) is 16.0. The Hall–Kier alpha value is -2.17. The molecule has 0 bridgehead atoms. The summed E-state index contributed by atoms with van der Waals surface area (Å²) in [7, 11) is 0. The molecule has 2 aromatic rings. The van der Waals surface area contributed by atoms with Crippen LogP contribution in [0.25, 0.3) is 11.4 Å². The van der Waals surface area contributed by atoms with Crippen molar-refractivity contribution >= 4 is 11.9 Å². The summed E-state index contributed by atoms with van der Waals surface area (Å²) in [5.41, 5.74) is 1.01. The van der Waals surface area contributed by atoms with Crippen LogP contribution in [0.15, 0.2) is 30.3 Å². The number of hydrogen-bond donors (Lipinski definition) is 2. The van der Waals surface area contributed by atoms with Gasteiger partial charge >= 0.3 is 0 Å². The number of anilines is 2. The summed E-state index contributed by atoms with van der Waals surface area (Å²) >= 11 is 0. The first-order valence-corrected chi connectivity index (χ1v) is 10.1. The quantitative estimate of drug-likeness (QED) is 0.766. The molecular formula is C21H31N5. The van der Waals surface area contributed by atoms with Gasteiger partial charge in [0.15, 0.2) is 5.82 Å². The molecule has 1 aromatic carbocycles. The molecule has 2 N–H and O–H groups in total. The highest BCUT2D eigenvalue weighted by Gasteiger charge is 2.15. The zero-order chi connectivity index (χ0) is 18.2. The lowest BCUT2D eigenvalue weighted by atomic mass is 10.1. The molecule has 140 valence electrons. The maximum absolute atomic E-state index is 4.71. The average molecular weight is 354 g/mol. The van der Waals surface area contributed by atoms with Crippen molar-refractivity contribution in [2.24, 2.45) is 0 Å². The second-order valence-corrected chi connectivity index (χ2v) is 7.51. The predicted molar refractivity (Wildman–Crippen MR) is 108 cm³/mol. The van der Waals surface area contributed by atoms with Crippen LogP contribution in [0, 0.1) is 0 Å². The van der Waals surface area contributed by atoms with Crippen molar-refractivity contribution < 1.29 is 0 Å². The lowest BCUT2D eigenvalue weighted by molar-refractivity contribution is 0.559. The fourth-order valence-electron chi connectivity index (χ4n) is 3.44. The van der Waals surface area contributed by atoms with E-state index in [0.717, 1.165) is 5.56 Å². The normalized spacial score (nSPS) is 16.6. The Kier molecular flexibility index (Phi) is 6.81. The standard InChI is InChI=1S/C21H31N5/c1-16(2)22-20-24-19(17-12-8-7-9-13-17)25-21(26-20)23-18-14-10-5-3-4-6-11-15-18/h7-9,12-13,16,18H,3-6,10-11,14-15H2,1-2H3,(H2,22,23,24,25,26). The highest BCUT2D eigenvalue weighted by molar-refractivity contribution is 5.57. The van der Waals surface area contributed by atoms with E-state index in [0.29, 0.717) is 23.8 Å². The van der Waals surface area contributed by atoms with Crippen molar-refractivity contribution in [3.63, 3.8) is 0 Å². The maximum atomic E-state index is 4.71. The van der Waals surface area contributed by atoms with Gasteiger partial charge in [-0.05, 0) is 26.7 Å². The van der Waals surface area contributed by atoms with E-state index in [2.05, 4.69) is 34.4 Å². The molecule has 5 heteroatoms. The van der Waals surface area contributed by atoms with E-state index in [1.54, 1.807) is 0 Å². The van der Waals surface area contributed by atoms with E-state index in [9.17, 15) is 0 Å². The van der Waals surface area contributed by atoms with E-state index >= 15 is 0 Å². The summed E-state index contributed by atoms with van der Waals surface area (Å²) in [6.07, 6.45) is 10.4. The summed E-state index contributed by atoms with van der Waals surface area (Å²) in [5.74, 6) is 2.04. The molecule has 0 saturated heterocycles. The number of nitrogens with one attached hydrogen (secondary N) is 2. The third kappa shape index (κ3) is 5.68. The maximum Gasteiger partial charge on any atom is 0.228 e. The van der Waals surface area contributed by atoms with Crippen molar-refractivity contribution in [3.8, 4) is 11.4 Å². The molecule has 1 fully saturated rings. The van der Waals surface area contributed by atoms with Gasteiger partial charge < -0.3 is 10.6 Å². The molecule has 0 aliphatic heterocycles. The number of benzene rings is 1. The van der Waals surface area contributed by atoms with Crippen molar-refractivity contribution in [3.05, 3.63) is 30.3 Å². The van der Waals surface area contributed by atoms with Crippen molar-refractivity contribution in [1.29, 1.82) is 0 Å². The molecule has 1 aromatic heterocycles. The van der Waals surface area contributed by atoms with Crippen LogP contribution in [-0.4, -0.2) is 27.0 Å². The number of nitrogens with zero attached hydrogens (tertiary/aromatic N) is 3. The zero-order valence-corrected chi connectivity index (χ0v) is 16.0. The average Bonchev–Trinajstić information content (AvgIpc) is 2.76. The molecule has 26 heavy (non-hydrogen) atoms. The van der Waals surface area contributed by atoms with Gasteiger partial charge in [-0.3, -0.25) is 0 Å². The van der Waals surface area contributed by atoms with Crippen LogP contribution in [0.2, 0.25) is 0 Å². The molecule has 3 rings (SSSR count). The van der Waals surface area contributed by atoms with Crippen molar-refractivity contribution in [1.82, 2.24) is 15.0 Å². The molecule has 5 nitrogen and oxygen atoms in total. The molecule has 0 unspecified atom stereocenters. The highest BCUT2D eigenvalue weighted by Crippen LogP contribution is 2.22. The highest BCUT2D eigenvalue weighted by atomic mass is 15.2. The van der Waals surface area contributed by atoms with Crippen LogP contribution in [0.1, 0.15) is 65.2 Å². The van der Waals surface area contributed by atoms with Crippen LogP contribution in [0.5, 0.6) is 0 Å². The Balaban J connectivity index is 1.82. The van der Waals surface area contributed by atoms with E-state index in [1.165, 1.54) is 51.4 Å². The van der Waals surface area contributed by atoms with Gasteiger partial charge in [0.05, 0.1) is 0 Å². The SMILES string of the molecule is CC(C)Nc1nc(NC2CCCCCCCC2)nc(-c2ccccc2)n1. The van der Waals surface area contributed by atoms with E-state index in [4.69, 9.17) is 4.98 Å². The largest absolute Gasteiger partial charge is 0.352 e. The lowest BCUT2D eigenvalue weighted by Gasteiger charge is -2.19. The smallest absolute Gasteiger partial charge is 0.228 e. The second-order valence-electron chi connectivity index (χ2n) is 7.51. The molecule has 0 amide bonds. The number of aromatic nitrogens is 3. The molecular weight excluding hydrogens is 322 g/mol. The summed E-state index contributed by atoms with van der Waals surface area (Å²) in [6, 6.07) is 10.8. The van der Waals surface area contributed by atoms with Gasteiger partial charge in [-0.15, -0.1) is 0 Å². The third-order valence-corrected chi connectivity index (χ3v) is 4.77. The van der Waals surface area contributed by atoms with Gasteiger partial charge in [0, 0.05) is 17.6 Å². The second kappa shape index (κ2) is 9.51. The minimum atomic E-state index is 0.277. The minimum absolute atomic E-state index is 0.277. The number of hydrogen-bond acceptors (Lipinski definition) is 5. The van der Waals surface area contributed by atoms with Crippen molar-refractivity contribution in [2.75, 3.05) is 10.6 Å². The van der Waals surface area contributed by atoms with Crippen LogP contribution in [-0.2, 0) is 0 Å². The molecule has 1 aliphatic carbocycles. The fourth-order valence-corrected chi connectivity index (χ4v) is 3.44. The summed E-state index contributed by atoms with van der Waals surface area (Å²) in [4.78, 5) is 13.9. The monoisotopic (exact) mass is 353 g/mol. The van der Waals surface area contributed by atoms with Gasteiger partial charge in [-0.2, -0.15) is 15.0 Å². The Labute approximate surface area is 157 Å². The van der Waals surface area contributed by atoms with Gasteiger partial charge in [0.25, 0.3) is 0 Å². The van der Waals surface area contributed by atoms with E-state index in [1.807, 2.05) is 30.3 Å². The molecule has 0 atom stereocenters. The lowest BCUT2D eigenvalue weighted by Crippen LogP contribution is -2.22. The van der Waals surface area contributed by atoms with Crippen LogP contribution in [0.3, 0.4) is 0 Å². The molecule has 1 aliphatic rings. The predicted octanol–water partition coefficient (Wildman–Crippen LogP) is 5.27. The summed E-state index contributed by atoms with van der Waals surface area (Å²) in [5, 5.41) is 6.92. The van der Waals surface area contributed by atoms with Gasteiger partial charge in [-0.1, -0.05) is 68.9 Å². The first kappa shape index (κ1) is 18.6. The van der Waals surface area contributed by atoms with Crippen LogP contribution >= 0.6 is 0 Å². The molecule has 1 heterocycles. The Morgan fingerprint density at radius 2 is 1.42 bits per heavy atom. The first-order chi connectivity index (χ1) is 12.7. The van der Waals surface area contributed by atoms with E-state index in [-0.39, 0.29) is 6.04 Å². The molecule has 1 saturated carbocycles. The fraction of sp³-hybridized carbons (Fsp3) is 0.571. The summed E-state index contributed by atoms with van der Waals surface area (Å²) < 4.78 is 0. The molecule has 0 radical (unpaired) electrons. The van der Waals surface area contributed by atoms with Crippen LogP contribution < -0.4 is 10.6 Å². The Morgan fingerprint density at radius 3 is 2.08 bits per heavy atom. The molecule has 0 spiro atoms. The Bertz CT molecular complexity index is 661. The van der Waals surface area contributed by atoms with Gasteiger partial charge in [0.2, 0.25) is 11.9 Å². The Morgan fingerprint density at radius 1 is 0.808 bits per heavy atom. The van der Waals surface area contributed by atoms with Gasteiger partial charge in [0.1, 0.15) is 0 Å². The minimum Gasteiger partial charge on any atom is -0.352 e. The van der Waals surface area contributed by atoms with E-state index < -0.39 is 0 Å². The van der Waals surface area contributed by atoms with Crippen molar-refractivity contribution in [2.45, 2.75) is 77.3 Å². The van der Waals surface area contributed by atoms with Crippen LogP contribution in [0.4, 0.5) is 11.9 Å². The third-order valence-electron chi connectivity index (χ3n) is 4.77. The number of rotatable bonds is 5. The van der Waals surface area contributed by atoms with Gasteiger partial charge in [-0.25, -0.2) is 0 Å². The topological polar surface area (TPSA) is 62.7 Å². The summed E-state index contributed by atoms with van der Waals surface area (Å²) in [6.45, 7) is 4.19.